The Bertz CT molecular complexity index is 1350. The van der Waals surface area contributed by atoms with Gasteiger partial charge in [-0.2, -0.15) is 10.2 Å². The van der Waals surface area contributed by atoms with Crippen LogP contribution in [0.15, 0.2) is 18.5 Å². The third-order valence-electron chi connectivity index (χ3n) is 8.39. The smallest absolute Gasteiger partial charge is 0.322 e. The molecule has 2 N–H and O–H groups in total. The summed E-state index contributed by atoms with van der Waals surface area (Å²) < 4.78 is 16.5. The quantitative estimate of drug-likeness (QED) is 0.505. The van der Waals surface area contributed by atoms with E-state index < -0.39 is 5.67 Å². The number of aromatic nitrogens is 5. The standard InChI is InChI=1S/C27H38FN9O/c1-17-6-9-36(27(11-17)7-8-27)25(38)31-21-13-30-32-23(21)20-10-22-19(12-29-20)24(33-37(22)16-26(2,3)28)35-14-18(15-35)34(4)5/h10,12-13,17-18H,6-9,11,14-16H2,1-5H3,(H,30,32)(H,31,38)/t17-/m0/s1. The zero-order valence-corrected chi connectivity index (χ0v) is 23.0. The lowest BCUT2D eigenvalue weighted by atomic mass is 9.91. The molecular formula is C27H38FN9O. The van der Waals surface area contributed by atoms with Gasteiger partial charge in [-0.25, -0.2) is 9.18 Å². The van der Waals surface area contributed by atoms with Crippen LogP contribution in [0.5, 0.6) is 0 Å². The second-order valence-electron chi connectivity index (χ2n) is 12.4. The summed E-state index contributed by atoms with van der Waals surface area (Å²) in [4.78, 5) is 24.5. The van der Waals surface area contributed by atoms with Crippen LogP contribution in [0.2, 0.25) is 0 Å². The molecule has 0 bridgehead atoms. The normalized spacial score (nSPS) is 21.4. The molecule has 0 aromatic carbocycles. The number of nitrogens with one attached hydrogen (secondary N) is 2. The first-order valence-electron chi connectivity index (χ1n) is 13.6. The Morgan fingerprint density at radius 2 is 2.05 bits per heavy atom. The zero-order valence-electron chi connectivity index (χ0n) is 23.0. The van der Waals surface area contributed by atoms with Crippen molar-refractivity contribution in [3.8, 4) is 11.4 Å². The average molecular weight is 524 g/mol. The van der Waals surface area contributed by atoms with E-state index in [9.17, 15) is 9.18 Å². The van der Waals surface area contributed by atoms with Gasteiger partial charge in [-0.1, -0.05) is 6.92 Å². The molecule has 2 amide bonds. The number of likely N-dealkylation sites (N-methyl/N-ethyl adjacent to an activating group) is 1. The number of carbonyl (C=O) groups excluding carboxylic acids is 1. The summed E-state index contributed by atoms with van der Waals surface area (Å²) in [5.74, 6) is 1.48. The van der Waals surface area contributed by atoms with Crippen molar-refractivity contribution in [3.05, 3.63) is 18.5 Å². The van der Waals surface area contributed by atoms with E-state index in [1.165, 1.54) is 0 Å². The summed E-state index contributed by atoms with van der Waals surface area (Å²) in [5, 5.41) is 16.0. The number of aromatic amines is 1. The summed E-state index contributed by atoms with van der Waals surface area (Å²) in [6.45, 7) is 8.03. The van der Waals surface area contributed by atoms with Gasteiger partial charge in [-0.05, 0) is 65.6 Å². The Hall–Kier alpha value is -3.21. The molecule has 1 aliphatic carbocycles. The molecule has 3 aromatic heterocycles. The summed E-state index contributed by atoms with van der Waals surface area (Å²) >= 11 is 0. The van der Waals surface area contributed by atoms with Crippen molar-refractivity contribution < 1.29 is 9.18 Å². The largest absolute Gasteiger partial charge is 0.351 e. The number of H-pyrrole nitrogens is 1. The van der Waals surface area contributed by atoms with E-state index in [1.54, 1.807) is 30.9 Å². The number of rotatable bonds is 6. The van der Waals surface area contributed by atoms with Crippen LogP contribution in [0.1, 0.15) is 46.5 Å². The van der Waals surface area contributed by atoms with Crippen LogP contribution in [-0.2, 0) is 6.54 Å². The topological polar surface area (TPSA) is 98.2 Å². The van der Waals surface area contributed by atoms with Gasteiger partial charge in [0, 0.05) is 37.4 Å². The molecule has 0 radical (unpaired) electrons. The molecule has 3 aliphatic rings. The minimum atomic E-state index is -1.43. The van der Waals surface area contributed by atoms with Gasteiger partial charge in [0.25, 0.3) is 0 Å². The monoisotopic (exact) mass is 523 g/mol. The maximum absolute atomic E-state index is 14.8. The molecule has 1 atom stereocenters. The van der Waals surface area contributed by atoms with Crippen molar-refractivity contribution in [2.45, 2.75) is 70.2 Å². The molecule has 1 spiro atoms. The van der Waals surface area contributed by atoms with Crippen LogP contribution < -0.4 is 10.2 Å². The zero-order chi connectivity index (χ0) is 26.8. The molecule has 3 aromatic rings. The fourth-order valence-corrected chi connectivity index (χ4v) is 6.00. The molecule has 38 heavy (non-hydrogen) atoms. The van der Waals surface area contributed by atoms with Crippen molar-refractivity contribution >= 4 is 28.4 Å². The lowest BCUT2D eigenvalue weighted by Gasteiger charge is -2.43. The predicted octanol–water partition coefficient (Wildman–Crippen LogP) is 4.12. The molecule has 1 saturated carbocycles. The number of carbonyl (C=O) groups is 1. The second-order valence-corrected chi connectivity index (χ2v) is 12.4. The highest BCUT2D eigenvalue weighted by atomic mass is 19.1. The third-order valence-corrected chi connectivity index (χ3v) is 8.39. The van der Waals surface area contributed by atoms with Gasteiger partial charge in [0.15, 0.2) is 5.82 Å². The number of urea groups is 1. The van der Waals surface area contributed by atoms with Gasteiger partial charge < -0.3 is 20.0 Å². The predicted molar refractivity (Wildman–Crippen MR) is 146 cm³/mol. The second kappa shape index (κ2) is 8.93. The number of piperidine rings is 1. The number of likely N-dealkylation sites (tertiary alicyclic amines) is 1. The number of hydrogen-bond acceptors (Lipinski definition) is 6. The Kier molecular flexibility index (Phi) is 5.89. The summed E-state index contributed by atoms with van der Waals surface area (Å²) in [6.07, 6.45) is 7.67. The van der Waals surface area contributed by atoms with Crippen molar-refractivity contribution in [3.63, 3.8) is 0 Å². The van der Waals surface area contributed by atoms with Crippen LogP contribution in [-0.4, -0.2) is 91.8 Å². The van der Waals surface area contributed by atoms with Crippen LogP contribution in [0.3, 0.4) is 0 Å². The number of alkyl halides is 1. The third kappa shape index (κ3) is 4.50. The molecular weight excluding hydrogens is 485 g/mol. The van der Waals surface area contributed by atoms with E-state index in [0.29, 0.717) is 29.0 Å². The lowest BCUT2D eigenvalue weighted by molar-refractivity contribution is 0.128. The van der Waals surface area contributed by atoms with E-state index in [1.807, 2.05) is 11.0 Å². The summed E-state index contributed by atoms with van der Waals surface area (Å²) in [7, 11) is 4.16. The first-order valence-corrected chi connectivity index (χ1v) is 13.6. The van der Waals surface area contributed by atoms with Crippen LogP contribution in [0, 0.1) is 5.92 Å². The van der Waals surface area contributed by atoms with Gasteiger partial charge in [0.05, 0.1) is 35.0 Å². The molecule has 204 valence electrons. The Morgan fingerprint density at radius 1 is 1.29 bits per heavy atom. The van der Waals surface area contributed by atoms with Gasteiger partial charge in [0.1, 0.15) is 11.4 Å². The fourth-order valence-electron chi connectivity index (χ4n) is 6.00. The summed E-state index contributed by atoms with van der Waals surface area (Å²) in [6, 6.07) is 2.29. The van der Waals surface area contributed by atoms with Crippen molar-refractivity contribution in [1.29, 1.82) is 0 Å². The summed E-state index contributed by atoms with van der Waals surface area (Å²) in [5.41, 5.74) is 1.23. The van der Waals surface area contributed by atoms with Gasteiger partial charge in [0.2, 0.25) is 0 Å². The minimum Gasteiger partial charge on any atom is -0.351 e. The molecule has 0 unspecified atom stereocenters. The van der Waals surface area contributed by atoms with E-state index >= 15 is 0 Å². The van der Waals surface area contributed by atoms with Crippen LogP contribution >= 0.6 is 0 Å². The number of nitrogens with zero attached hydrogens (tertiary/aromatic N) is 7. The van der Waals surface area contributed by atoms with Gasteiger partial charge >= 0.3 is 6.03 Å². The molecule has 3 fully saturated rings. The average Bonchev–Trinajstić information content (AvgIpc) is 3.25. The highest BCUT2D eigenvalue weighted by Crippen LogP contribution is 2.50. The van der Waals surface area contributed by atoms with Crippen LogP contribution in [0.4, 0.5) is 20.7 Å². The van der Waals surface area contributed by atoms with Gasteiger partial charge in [-0.3, -0.25) is 14.8 Å². The SMILES string of the molecule is C[C@H]1CCN(C(=O)Nc2cn[nH]c2-c2cc3c(cn2)c(N2CC(N(C)C)C2)nn3CC(C)(C)F)C2(CC2)C1. The first-order chi connectivity index (χ1) is 18.0. The van der Waals surface area contributed by atoms with Crippen molar-refractivity contribution in [2.24, 2.45) is 5.92 Å². The number of anilines is 2. The Morgan fingerprint density at radius 3 is 2.74 bits per heavy atom. The first kappa shape index (κ1) is 25.1. The minimum absolute atomic E-state index is 0.0212. The molecule has 10 nitrogen and oxygen atoms in total. The number of hydrogen-bond donors (Lipinski definition) is 2. The maximum Gasteiger partial charge on any atom is 0.322 e. The Balaban J connectivity index is 1.29. The number of halogens is 1. The van der Waals surface area contributed by atoms with E-state index in [4.69, 9.17) is 10.1 Å². The highest BCUT2D eigenvalue weighted by Gasteiger charge is 2.52. The number of amides is 2. The van der Waals surface area contributed by atoms with E-state index in [2.05, 4.69) is 46.3 Å². The molecule has 6 rings (SSSR count). The lowest BCUT2D eigenvalue weighted by Crippen LogP contribution is -2.57. The maximum atomic E-state index is 14.8. The molecule has 11 heteroatoms. The van der Waals surface area contributed by atoms with E-state index in [-0.39, 0.29) is 18.1 Å². The molecule has 2 aliphatic heterocycles. The fraction of sp³-hybridized carbons (Fsp3) is 0.630. The van der Waals surface area contributed by atoms with Crippen molar-refractivity contribution in [1.82, 2.24) is 34.8 Å². The number of fused-ring (bicyclic) bond motifs is 1. The van der Waals surface area contributed by atoms with Gasteiger partial charge in [-0.15, -0.1) is 0 Å². The number of pyridine rings is 1. The van der Waals surface area contributed by atoms with E-state index in [0.717, 1.165) is 62.0 Å². The molecule has 5 heterocycles. The Labute approximate surface area is 222 Å². The highest BCUT2D eigenvalue weighted by molar-refractivity contribution is 5.96. The van der Waals surface area contributed by atoms with Crippen LogP contribution in [0.25, 0.3) is 22.3 Å². The van der Waals surface area contributed by atoms with Crippen molar-refractivity contribution in [2.75, 3.05) is 43.9 Å². The molecule has 2 saturated heterocycles.